The molecule has 1 atom stereocenters. The molecule has 0 aromatic heterocycles. The Bertz CT molecular complexity index is 1420. The monoisotopic (exact) mass is 563 g/mol. The lowest BCUT2D eigenvalue weighted by Gasteiger charge is -2.32. The maximum absolute atomic E-state index is 14.0. The van der Waals surface area contributed by atoms with Crippen molar-refractivity contribution >= 4 is 27.5 Å². The highest BCUT2D eigenvalue weighted by Gasteiger charge is 2.32. The van der Waals surface area contributed by atoms with Crippen molar-refractivity contribution in [3.63, 3.8) is 0 Å². The number of nitrogens with one attached hydrogen (secondary N) is 1. The lowest BCUT2D eigenvalue weighted by molar-refractivity contribution is -0.139. The summed E-state index contributed by atoms with van der Waals surface area (Å²) in [6.07, 6.45) is 1.77. The number of hydrogen-bond donors (Lipinski definition) is 1. The summed E-state index contributed by atoms with van der Waals surface area (Å²) in [6.45, 7) is 11.7. The number of aryl methyl sites for hydroxylation is 4. The molecule has 0 aliphatic carbocycles. The van der Waals surface area contributed by atoms with Crippen molar-refractivity contribution in [1.29, 1.82) is 0 Å². The Morgan fingerprint density at radius 2 is 1.45 bits per heavy atom. The summed E-state index contributed by atoms with van der Waals surface area (Å²) in [4.78, 5) is 28.6. The summed E-state index contributed by atoms with van der Waals surface area (Å²) >= 11 is 0. The number of hydrogen-bond acceptors (Lipinski definition) is 4. The van der Waals surface area contributed by atoms with Crippen molar-refractivity contribution in [1.82, 2.24) is 10.2 Å². The van der Waals surface area contributed by atoms with Crippen molar-refractivity contribution in [2.45, 2.75) is 71.9 Å². The third-order valence-corrected chi connectivity index (χ3v) is 8.92. The minimum absolute atomic E-state index is 0.0968. The number of nitrogens with zero attached hydrogens (tertiary/aromatic N) is 2. The Hall–Kier alpha value is -3.65. The average Bonchev–Trinajstić information content (AvgIpc) is 2.92. The van der Waals surface area contributed by atoms with Gasteiger partial charge in [0.25, 0.3) is 10.0 Å². The maximum Gasteiger partial charge on any atom is 0.264 e. The number of unbranched alkanes of at least 4 members (excludes halogenated alkanes) is 1. The zero-order valence-electron chi connectivity index (χ0n) is 24.4. The first-order valence-corrected chi connectivity index (χ1v) is 15.2. The van der Waals surface area contributed by atoms with Crippen LogP contribution >= 0.6 is 0 Å². The molecule has 8 heteroatoms. The third kappa shape index (κ3) is 7.72. The topological polar surface area (TPSA) is 86.8 Å². The van der Waals surface area contributed by atoms with Gasteiger partial charge in [-0.25, -0.2) is 8.42 Å². The molecule has 0 radical (unpaired) electrons. The number of benzene rings is 3. The molecule has 0 aliphatic rings. The van der Waals surface area contributed by atoms with Crippen molar-refractivity contribution in [3.05, 3.63) is 94.5 Å². The lowest BCUT2D eigenvalue weighted by atomic mass is 10.1. The Kier molecular flexibility index (Phi) is 10.5. The summed E-state index contributed by atoms with van der Waals surface area (Å²) in [5.74, 6) is -0.735. The molecule has 0 bridgehead atoms. The van der Waals surface area contributed by atoms with E-state index < -0.39 is 28.5 Å². The van der Waals surface area contributed by atoms with Crippen LogP contribution in [-0.2, 0) is 26.2 Å². The van der Waals surface area contributed by atoms with Crippen LogP contribution in [0.1, 0.15) is 54.5 Å². The molecule has 0 fully saturated rings. The lowest BCUT2D eigenvalue weighted by Crippen LogP contribution is -2.51. The van der Waals surface area contributed by atoms with Crippen molar-refractivity contribution in [2.75, 3.05) is 17.4 Å². The van der Waals surface area contributed by atoms with Crippen molar-refractivity contribution < 1.29 is 18.0 Å². The first-order valence-electron chi connectivity index (χ1n) is 13.7. The van der Waals surface area contributed by atoms with E-state index in [1.807, 2.05) is 65.0 Å². The molecule has 0 saturated heterocycles. The van der Waals surface area contributed by atoms with Gasteiger partial charge in [0.2, 0.25) is 11.8 Å². The zero-order chi connectivity index (χ0) is 29.4. The summed E-state index contributed by atoms with van der Waals surface area (Å²) in [5, 5.41) is 2.91. The molecule has 0 saturated carbocycles. The normalized spacial score (nSPS) is 12.1. The van der Waals surface area contributed by atoms with Gasteiger partial charge in [-0.1, -0.05) is 66.9 Å². The molecule has 1 N–H and O–H groups in total. The smallest absolute Gasteiger partial charge is 0.264 e. The minimum atomic E-state index is -4.09. The Labute approximate surface area is 239 Å². The van der Waals surface area contributed by atoms with Crippen LogP contribution in [0.3, 0.4) is 0 Å². The average molecular weight is 564 g/mol. The van der Waals surface area contributed by atoms with Crippen LogP contribution in [-0.4, -0.2) is 44.3 Å². The Balaban J connectivity index is 2.02. The quantitative estimate of drug-likeness (QED) is 0.297. The largest absolute Gasteiger partial charge is 0.354 e. The van der Waals surface area contributed by atoms with Gasteiger partial charge in [-0.15, -0.1) is 0 Å². The molecule has 3 aromatic carbocycles. The number of amides is 2. The van der Waals surface area contributed by atoms with E-state index >= 15 is 0 Å². The molecule has 3 aromatic rings. The van der Waals surface area contributed by atoms with Crippen LogP contribution in [0, 0.1) is 27.7 Å². The fraction of sp³-hybridized carbons (Fsp3) is 0.375. The predicted molar refractivity (Wildman–Crippen MR) is 161 cm³/mol. The summed E-state index contributed by atoms with van der Waals surface area (Å²) in [5.41, 5.74) is 5.19. The van der Waals surface area contributed by atoms with Gasteiger partial charge in [0.05, 0.1) is 10.6 Å². The number of rotatable bonds is 12. The maximum atomic E-state index is 14.0. The van der Waals surface area contributed by atoms with E-state index in [9.17, 15) is 18.0 Å². The zero-order valence-corrected chi connectivity index (χ0v) is 25.2. The highest BCUT2D eigenvalue weighted by atomic mass is 32.2. The fourth-order valence-electron chi connectivity index (χ4n) is 4.26. The number of carbonyl (C=O) groups is 2. The van der Waals surface area contributed by atoms with Gasteiger partial charge in [-0.3, -0.25) is 13.9 Å². The number of anilines is 1. The predicted octanol–water partition coefficient (Wildman–Crippen LogP) is 5.45. The van der Waals surface area contributed by atoms with Crippen LogP contribution in [0.15, 0.2) is 71.6 Å². The van der Waals surface area contributed by atoms with Crippen LogP contribution in [0.25, 0.3) is 0 Å². The van der Waals surface area contributed by atoms with Crippen LogP contribution < -0.4 is 9.62 Å². The first kappa shape index (κ1) is 30.9. The minimum Gasteiger partial charge on any atom is -0.354 e. The van der Waals surface area contributed by atoms with Gasteiger partial charge in [0.15, 0.2) is 0 Å². The van der Waals surface area contributed by atoms with E-state index in [1.165, 1.54) is 4.90 Å². The Morgan fingerprint density at radius 1 is 0.850 bits per heavy atom. The van der Waals surface area contributed by atoms with E-state index in [2.05, 4.69) is 5.32 Å². The van der Waals surface area contributed by atoms with E-state index in [0.29, 0.717) is 12.2 Å². The molecule has 0 aliphatic heterocycles. The van der Waals surface area contributed by atoms with Gasteiger partial charge >= 0.3 is 0 Å². The molecule has 0 unspecified atom stereocenters. The fourth-order valence-corrected chi connectivity index (χ4v) is 5.66. The number of carbonyl (C=O) groups excluding carboxylic acids is 2. The summed E-state index contributed by atoms with van der Waals surface area (Å²) in [7, 11) is -4.09. The van der Waals surface area contributed by atoms with Gasteiger partial charge < -0.3 is 10.2 Å². The standard InChI is InChI=1S/C32H41N3O4S/c1-7-8-19-33-32(37)27(6)34(21-28-14-9-23(2)10-15-28)31(36)22-35(29-16-13-25(4)26(5)20-29)40(38,39)30-17-11-24(3)12-18-30/h9-18,20,27H,7-8,19,21-22H2,1-6H3,(H,33,37)/t27-/m0/s1. The molecular formula is C32H41N3O4S. The van der Waals surface area contributed by atoms with E-state index in [4.69, 9.17) is 0 Å². The highest BCUT2D eigenvalue weighted by Crippen LogP contribution is 2.27. The number of sulfonamides is 1. The van der Waals surface area contributed by atoms with Crippen molar-refractivity contribution in [2.24, 2.45) is 0 Å². The van der Waals surface area contributed by atoms with Crippen LogP contribution in [0.5, 0.6) is 0 Å². The third-order valence-electron chi connectivity index (χ3n) is 7.14. The van der Waals surface area contributed by atoms with E-state index in [-0.39, 0.29) is 17.3 Å². The van der Waals surface area contributed by atoms with Crippen LogP contribution in [0.2, 0.25) is 0 Å². The van der Waals surface area contributed by atoms with Gasteiger partial charge in [0, 0.05) is 13.1 Å². The van der Waals surface area contributed by atoms with Crippen molar-refractivity contribution in [3.8, 4) is 0 Å². The van der Waals surface area contributed by atoms with E-state index in [1.54, 1.807) is 43.3 Å². The molecule has 3 rings (SSSR count). The van der Waals surface area contributed by atoms with Gasteiger partial charge in [-0.2, -0.15) is 0 Å². The van der Waals surface area contributed by atoms with Crippen LogP contribution in [0.4, 0.5) is 5.69 Å². The van der Waals surface area contributed by atoms with Gasteiger partial charge in [0.1, 0.15) is 12.6 Å². The molecule has 7 nitrogen and oxygen atoms in total. The molecule has 40 heavy (non-hydrogen) atoms. The molecule has 0 spiro atoms. The summed E-state index contributed by atoms with van der Waals surface area (Å²) < 4.78 is 29.0. The second-order valence-corrected chi connectivity index (χ2v) is 12.3. The molecule has 2 amide bonds. The second kappa shape index (κ2) is 13.6. The van der Waals surface area contributed by atoms with E-state index in [0.717, 1.165) is 45.0 Å². The second-order valence-electron chi connectivity index (χ2n) is 10.4. The molecule has 214 valence electrons. The SMILES string of the molecule is CCCCNC(=O)[C@H](C)N(Cc1ccc(C)cc1)C(=O)CN(c1ccc(C)c(C)c1)S(=O)(=O)c1ccc(C)cc1. The molecule has 0 heterocycles. The van der Waals surface area contributed by atoms with Gasteiger partial charge in [-0.05, 0) is 82.0 Å². The first-order chi connectivity index (χ1) is 18.9. The molecular weight excluding hydrogens is 522 g/mol. The Morgan fingerprint density at radius 3 is 2.02 bits per heavy atom. The summed E-state index contributed by atoms with van der Waals surface area (Å²) in [6, 6.07) is 18.9. The highest BCUT2D eigenvalue weighted by molar-refractivity contribution is 7.92.